The molecular weight excluding hydrogens is 403 g/mol. The van der Waals surface area contributed by atoms with Crippen molar-refractivity contribution in [2.45, 2.75) is 45.1 Å². The maximum atomic E-state index is 14.6. The lowest BCUT2D eigenvalue weighted by Crippen LogP contribution is -2.39. The van der Waals surface area contributed by atoms with Crippen LogP contribution in [-0.4, -0.2) is 59.5 Å². The highest BCUT2D eigenvalue weighted by Gasteiger charge is 2.24. The van der Waals surface area contributed by atoms with Crippen LogP contribution in [0.5, 0.6) is 5.75 Å². The highest BCUT2D eigenvalue weighted by atomic mass is 19.1. The van der Waals surface area contributed by atoms with E-state index in [-0.39, 0.29) is 36.1 Å². The van der Waals surface area contributed by atoms with Gasteiger partial charge in [0.25, 0.3) is 0 Å². The summed E-state index contributed by atoms with van der Waals surface area (Å²) in [6.45, 7) is 3.01. The number of amides is 2. The van der Waals surface area contributed by atoms with Crippen molar-refractivity contribution >= 4 is 17.6 Å². The number of hydrogen-bond acceptors (Lipinski definition) is 4. The van der Waals surface area contributed by atoms with Crippen molar-refractivity contribution in [1.29, 1.82) is 0 Å². The first-order valence-electron chi connectivity index (χ1n) is 10.9. The first-order chi connectivity index (χ1) is 14.9. The summed E-state index contributed by atoms with van der Waals surface area (Å²) in [4.78, 5) is 24.6. The molecule has 3 rings (SSSR count). The molecule has 1 saturated heterocycles. The Hall–Kier alpha value is -2.61. The molecule has 1 heterocycles. The lowest BCUT2D eigenvalue weighted by Gasteiger charge is -2.29. The predicted octanol–water partition coefficient (Wildman–Crippen LogP) is 3.28. The first kappa shape index (κ1) is 23.1. The van der Waals surface area contributed by atoms with Gasteiger partial charge in [0.2, 0.25) is 5.91 Å². The SMILES string of the molecule is C[C@@H](CO)NC(=O)C1CC=C(c2ccc(OCC3CCN(C(=O)O)CC3)c(F)c2)CC1. The first-order valence-corrected chi connectivity index (χ1v) is 10.9. The Balaban J connectivity index is 1.52. The summed E-state index contributed by atoms with van der Waals surface area (Å²) in [7, 11) is 0. The number of aliphatic hydroxyl groups excluding tert-OH is 1. The van der Waals surface area contributed by atoms with E-state index in [1.165, 1.54) is 11.0 Å². The quantitative estimate of drug-likeness (QED) is 0.612. The number of nitrogens with one attached hydrogen (secondary N) is 1. The van der Waals surface area contributed by atoms with Crippen molar-refractivity contribution in [3.05, 3.63) is 35.7 Å². The van der Waals surface area contributed by atoms with Crippen molar-refractivity contribution in [1.82, 2.24) is 10.2 Å². The van der Waals surface area contributed by atoms with Crippen LogP contribution in [0.15, 0.2) is 24.3 Å². The van der Waals surface area contributed by atoms with Gasteiger partial charge in [-0.05, 0) is 68.2 Å². The van der Waals surface area contributed by atoms with Crippen molar-refractivity contribution in [3.63, 3.8) is 0 Å². The molecule has 1 aliphatic carbocycles. The molecule has 7 nitrogen and oxygen atoms in total. The molecule has 31 heavy (non-hydrogen) atoms. The van der Waals surface area contributed by atoms with Gasteiger partial charge in [0.1, 0.15) is 0 Å². The third-order valence-electron chi connectivity index (χ3n) is 6.11. The van der Waals surface area contributed by atoms with E-state index in [0.717, 1.165) is 11.1 Å². The summed E-state index contributed by atoms with van der Waals surface area (Å²) in [6, 6.07) is 4.69. The molecule has 1 aromatic rings. The minimum Gasteiger partial charge on any atom is -0.490 e. The molecule has 1 aromatic carbocycles. The number of likely N-dealkylation sites (tertiary alicyclic amines) is 1. The van der Waals surface area contributed by atoms with Gasteiger partial charge in [-0.1, -0.05) is 12.1 Å². The Morgan fingerprint density at radius 2 is 2.03 bits per heavy atom. The third kappa shape index (κ3) is 6.19. The van der Waals surface area contributed by atoms with Crippen LogP contribution in [0, 0.1) is 17.7 Å². The van der Waals surface area contributed by atoms with Crippen LogP contribution in [0.1, 0.15) is 44.6 Å². The zero-order valence-corrected chi connectivity index (χ0v) is 17.8. The topological polar surface area (TPSA) is 99.1 Å². The van der Waals surface area contributed by atoms with Crippen LogP contribution >= 0.6 is 0 Å². The number of ether oxygens (including phenoxy) is 1. The minimum absolute atomic E-state index is 0.0547. The summed E-state index contributed by atoms with van der Waals surface area (Å²) in [5.74, 6) is -0.180. The van der Waals surface area contributed by atoms with Crippen LogP contribution in [0.2, 0.25) is 0 Å². The monoisotopic (exact) mass is 434 g/mol. The summed E-state index contributed by atoms with van der Waals surface area (Å²) in [5.41, 5.74) is 1.81. The summed E-state index contributed by atoms with van der Waals surface area (Å²) in [6.07, 6.45) is 4.48. The van der Waals surface area contributed by atoms with E-state index in [4.69, 9.17) is 14.9 Å². The number of halogens is 1. The van der Waals surface area contributed by atoms with Crippen LogP contribution in [0.25, 0.3) is 5.57 Å². The molecule has 1 fully saturated rings. The molecule has 0 aromatic heterocycles. The standard InChI is InChI=1S/C23H31FN2O5/c1-15(13-27)25-22(28)18-4-2-17(3-5-18)19-6-7-21(20(24)12-19)31-14-16-8-10-26(11-9-16)23(29)30/h2,6-7,12,15-16,18,27H,3-5,8-11,13-14H2,1H3,(H,25,28)(H,29,30)/t15-,18?/m0/s1. The number of allylic oxidation sites excluding steroid dienone is 2. The van der Waals surface area contributed by atoms with Crippen LogP contribution in [-0.2, 0) is 4.79 Å². The molecule has 0 radical (unpaired) electrons. The molecule has 3 N–H and O–H groups in total. The highest BCUT2D eigenvalue weighted by molar-refractivity contribution is 5.80. The minimum atomic E-state index is -0.898. The average Bonchev–Trinajstić information content (AvgIpc) is 2.78. The predicted molar refractivity (Wildman–Crippen MR) is 114 cm³/mol. The number of benzene rings is 1. The number of carboxylic acid groups (broad SMARTS) is 1. The fraction of sp³-hybridized carbons (Fsp3) is 0.565. The van der Waals surface area contributed by atoms with Crippen molar-refractivity contribution in [3.8, 4) is 5.75 Å². The van der Waals surface area contributed by atoms with Gasteiger partial charge in [-0.25, -0.2) is 9.18 Å². The number of rotatable bonds is 7. The largest absolute Gasteiger partial charge is 0.490 e. The van der Waals surface area contributed by atoms with Gasteiger partial charge in [-0.2, -0.15) is 0 Å². The number of nitrogens with zero attached hydrogens (tertiary/aromatic N) is 1. The van der Waals surface area contributed by atoms with Crippen LogP contribution in [0.3, 0.4) is 0 Å². The van der Waals surface area contributed by atoms with Gasteiger partial charge < -0.3 is 25.2 Å². The molecule has 2 amide bonds. The summed E-state index contributed by atoms with van der Waals surface area (Å²) >= 11 is 0. The Morgan fingerprint density at radius 3 is 2.61 bits per heavy atom. The number of piperidine rings is 1. The van der Waals surface area contributed by atoms with Gasteiger partial charge in [0, 0.05) is 25.0 Å². The number of carbonyl (C=O) groups is 2. The zero-order valence-electron chi connectivity index (χ0n) is 17.8. The lowest BCUT2D eigenvalue weighted by molar-refractivity contribution is -0.126. The van der Waals surface area contributed by atoms with E-state index in [9.17, 15) is 14.0 Å². The van der Waals surface area contributed by atoms with Crippen molar-refractivity contribution in [2.75, 3.05) is 26.3 Å². The van der Waals surface area contributed by atoms with Gasteiger partial charge in [0.05, 0.1) is 13.2 Å². The Bertz CT molecular complexity index is 820. The van der Waals surface area contributed by atoms with E-state index < -0.39 is 11.9 Å². The van der Waals surface area contributed by atoms with Gasteiger partial charge >= 0.3 is 6.09 Å². The molecule has 8 heteroatoms. The molecule has 2 aliphatic rings. The normalized spacial score (nSPS) is 20.7. The van der Waals surface area contributed by atoms with Gasteiger partial charge in [0.15, 0.2) is 11.6 Å². The molecule has 0 spiro atoms. The van der Waals surface area contributed by atoms with E-state index in [1.807, 2.05) is 12.1 Å². The van der Waals surface area contributed by atoms with E-state index in [0.29, 0.717) is 51.8 Å². The van der Waals surface area contributed by atoms with Gasteiger partial charge in [-0.3, -0.25) is 4.79 Å². The second-order valence-corrected chi connectivity index (χ2v) is 8.46. The van der Waals surface area contributed by atoms with Crippen molar-refractivity contribution < 1.29 is 28.9 Å². The van der Waals surface area contributed by atoms with Crippen molar-refractivity contribution in [2.24, 2.45) is 11.8 Å². The van der Waals surface area contributed by atoms with Gasteiger partial charge in [-0.15, -0.1) is 0 Å². The molecular formula is C23H31FN2O5. The smallest absolute Gasteiger partial charge is 0.407 e. The van der Waals surface area contributed by atoms with Crippen LogP contribution in [0.4, 0.5) is 9.18 Å². The number of carbonyl (C=O) groups excluding carboxylic acids is 1. The summed E-state index contributed by atoms with van der Waals surface area (Å²) < 4.78 is 20.3. The molecule has 2 atom stereocenters. The lowest BCUT2D eigenvalue weighted by atomic mass is 9.86. The fourth-order valence-electron chi connectivity index (χ4n) is 4.06. The molecule has 0 bridgehead atoms. The molecule has 0 saturated carbocycles. The second kappa shape index (κ2) is 10.6. The Kier molecular flexibility index (Phi) is 7.90. The highest BCUT2D eigenvalue weighted by Crippen LogP contribution is 2.32. The molecule has 1 aliphatic heterocycles. The average molecular weight is 435 g/mol. The Labute approximate surface area is 181 Å². The van der Waals surface area contributed by atoms with Crippen LogP contribution < -0.4 is 10.1 Å². The zero-order chi connectivity index (χ0) is 22.4. The van der Waals surface area contributed by atoms with E-state index >= 15 is 0 Å². The summed E-state index contributed by atoms with van der Waals surface area (Å²) in [5, 5.41) is 20.9. The maximum absolute atomic E-state index is 14.6. The molecule has 170 valence electrons. The number of hydrogen-bond donors (Lipinski definition) is 3. The number of aliphatic hydroxyl groups is 1. The van der Waals surface area contributed by atoms with E-state index in [1.54, 1.807) is 13.0 Å². The third-order valence-corrected chi connectivity index (χ3v) is 6.11. The fourth-order valence-corrected chi connectivity index (χ4v) is 4.06. The maximum Gasteiger partial charge on any atom is 0.407 e. The van der Waals surface area contributed by atoms with E-state index in [2.05, 4.69) is 5.32 Å². The second-order valence-electron chi connectivity index (χ2n) is 8.46. The molecule has 1 unspecified atom stereocenters. The Morgan fingerprint density at radius 1 is 1.29 bits per heavy atom.